The molecule has 5 heteroatoms. The van der Waals surface area contributed by atoms with Gasteiger partial charge in [0.25, 0.3) is 0 Å². The number of hydrogen-bond acceptors (Lipinski definition) is 5. The normalized spacial score (nSPS) is 10.5. The largest absolute Gasteiger partial charge is 0.490 e. The lowest BCUT2D eigenvalue weighted by atomic mass is 10.3. The van der Waals surface area contributed by atoms with E-state index in [2.05, 4.69) is 4.98 Å². The minimum absolute atomic E-state index is 0.00866. The second-order valence-electron chi connectivity index (χ2n) is 4.22. The molecule has 0 aliphatic rings. The molecule has 0 amide bonds. The van der Waals surface area contributed by atoms with Crippen molar-refractivity contribution in [1.82, 2.24) is 4.98 Å². The van der Waals surface area contributed by atoms with E-state index in [9.17, 15) is 0 Å². The van der Waals surface area contributed by atoms with Crippen molar-refractivity contribution in [1.29, 1.82) is 0 Å². The first-order valence-electron chi connectivity index (χ1n) is 6.72. The third-order valence-corrected chi connectivity index (χ3v) is 3.66. The van der Waals surface area contributed by atoms with Crippen molar-refractivity contribution >= 4 is 11.3 Å². The Morgan fingerprint density at radius 3 is 2.60 bits per heavy atom. The summed E-state index contributed by atoms with van der Waals surface area (Å²) in [5.74, 6) is 1.57. The maximum atomic E-state index is 8.96. The van der Waals surface area contributed by atoms with Crippen LogP contribution in [0, 0.1) is 0 Å². The van der Waals surface area contributed by atoms with Crippen molar-refractivity contribution in [3.05, 3.63) is 40.3 Å². The lowest BCUT2D eigenvalue weighted by Crippen LogP contribution is -2.02. The van der Waals surface area contributed by atoms with Crippen molar-refractivity contribution in [2.24, 2.45) is 0 Å². The number of thiazole rings is 1. The molecule has 2 rings (SSSR count). The number of aliphatic hydroxyl groups excluding tert-OH is 1. The third kappa shape index (κ3) is 4.21. The molecule has 0 aliphatic carbocycles. The summed E-state index contributed by atoms with van der Waals surface area (Å²) in [4.78, 5) is 4.31. The van der Waals surface area contributed by atoms with Gasteiger partial charge >= 0.3 is 0 Å². The van der Waals surface area contributed by atoms with Gasteiger partial charge in [0.05, 0.1) is 30.5 Å². The molecule has 20 heavy (non-hydrogen) atoms. The molecule has 1 heterocycles. The number of rotatable bonds is 8. The topological polar surface area (TPSA) is 51.6 Å². The molecule has 108 valence electrons. The number of hydrogen-bond donors (Lipinski definition) is 1. The Kier molecular flexibility index (Phi) is 5.83. The van der Waals surface area contributed by atoms with Crippen LogP contribution in [0.25, 0.3) is 0 Å². The Bertz CT molecular complexity index is 527. The molecule has 2 aromatic rings. The van der Waals surface area contributed by atoms with E-state index >= 15 is 0 Å². The molecule has 1 N–H and O–H groups in total. The fraction of sp³-hybridized carbons (Fsp3) is 0.400. The zero-order valence-corrected chi connectivity index (χ0v) is 12.4. The average Bonchev–Trinajstić information content (AvgIpc) is 2.93. The quantitative estimate of drug-likeness (QED) is 0.760. The first-order chi connectivity index (χ1) is 9.83. The van der Waals surface area contributed by atoms with Gasteiger partial charge in [0.15, 0.2) is 11.5 Å². The highest BCUT2D eigenvalue weighted by Crippen LogP contribution is 2.26. The lowest BCUT2D eigenvalue weighted by Gasteiger charge is -2.11. The first-order valence-corrected chi connectivity index (χ1v) is 7.60. The number of nitrogens with zero attached hydrogens (tertiary/aromatic N) is 1. The summed E-state index contributed by atoms with van der Waals surface area (Å²) in [6.07, 6.45) is 1.75. The molecular weight excluding hydrogens is 274 g/mol. The van der Waals surface area contributed by atoms with Crippen molar-refractivity contribution in [3.8, 4) is 11.5 Å². The predicted molar refractivity (Wildman–Crippen MR) is 79.5 cm³/mol. The van der Waals surface area contributed by atoms with E-state index in [-0.39, 0.29) is 6.61 Å². The minimum Gasteiger partial charge on any atom is -0.490 e. The van der Waals surface area contributed by atoms with E-state index in [1.165, 1.54) is 0 Å². The van der Waals surface area contributed by atoms with Crippen LogP contribution in [-0.4, -0.2) is 23.3 Å². The Morgan fingerprint density at radius 1 is 1.20 bits per heavy atom. The van der Waals surface area contributed by atoms with Crippen LogP contribution < -0.4 is 9.47 Å². The van der Waals surface area contributed by atoms with Gasteiger partial charge in [0, 0.05) is 11.8 Å². The smallest absolute Gasteiger partial charge is 0.161 e. The number of ether oxygens (including phenoxy) is 2. The van der Waals surface area contributed by atoms with E-state index in [0.717, 1.165) is 35.0 Å². The Labute approximate surface area is 123 Å². The standard InChI is InChI=1S/C15H19NO3S/c1-2-18-13-6-3-4-7-14(13)19-9-5-8-15-16-12(10-17)11-20-15/h3-4,6-7,11,17H,2,5,8-10H2,1H3. The molecule has 0 fully saturated rings. The van der Waals surface area contributed by atoms with Crippen molar-refractivity contribution in [3.63, 3.8) is 0 Å². The van der Waals surface area contributed by atoms with Crippen LogP contribution in [0.1, 0.15) is 24.0 Å². The van der Waals surface area contributed by atoms with Gasteiger partial charge in [-0.05, 0) is 25.5 Å². The monoisotopic (exact) mass is 293 g/mol. The van der Waals surface area contributed by atoms with Crippen molar-refractivity contribution in [2.75, 3.05) is 13.2 Å². The van der Waals surface area contributed by atoms with Gasteiger partial charge in [0.1, 0.15) is 0 Å². The third-order valence-electron chi connectivity index (χ3n) is 2.70. The fourth-order valence-electron chi connectivity index (χ4n) is 1.79. The summed E-state index contributed by atoms with van der Waals surface area (Å²) in [6.45, 7) is 3.22. The van der Waals surface area contributed by atoms with Crippen LogP contribution >= 0.6 is 11.3 Å². The number of aryl methyl sites for hydroxylation is 1. The molecule has 0 radical (unpaired) electrons. The van der Waals surface area contributed by atoms with Crippen LogP contribution in [0.4, 0.5) is 0 Å². The van der Waals surface area contributed by atoms with Gasteiger partial charge < -0.3 is 14.6 Å². The number of benzene rings is 1. The van der Waals surface area contributed by atoms with Gasteiger partial charge in [-0.15, -0.1) is 11.3 Å². The fourth-order valence-corrected chi connectivity index (χ4v) is 2.62. The molecule has 0 atom stereocenters. The zero-order valence-electron chi connectivity index (χ0n) is 11.5. The van der Waals surface area contributed by atoms with E-state index in [1.54, 1.807) is 11.3 Å². The van der Waals surface area contributed by atoms with Crippen molar-refractivity contribution in [2.45, 2.75) is 26.4 Å². The lowest BCUT2D eigenvalue weighted by molar-refractivity contribution is 0.272. The second kappa shape index (κ2) is 7.87. The van der Waals surface area contributed by atoms with E-state index in [4.69, 9.17) is 14.6 Å². The molecule has 1 aromatic heterocycles. The highest BCUT2D eigenvalue weighted by molar-refractivity contribution is 7.09. The van der Waals surface area contributed by atoms with Crippen LogP contribution in [0.15, 0.2) is 29.6 Å². The summed E-state index contributed by atoms with van der Waals surface area (Å²) < 4.78 is 11.3. The number of para-hydroxylation sites is 2. The molecule has 0 unspecified atom stereocenters. The summed E-state index contributed by atoms with van der Waals surface area (Å²) >= 11 is 1.58. The molecule has 0 saturated carbocycles. The summed E-state index contributed by atoms with van der Waals surface area (Å²) in [7, 11) is 0. The second-order valence-corrected chi connectivity index (χ2v) is 5.17. The Hall–Kier alpha value is -1.59. The van der Waals surface area contributed by atoms with Gasteiger partial charge in [0.2, 0.25) is 0 Å². The summed E-state index contributed by atoms with van der Waals surface area (Å²) in [5, 5.41) is 11.9. The van der Waals surface area contributed by atoms with E-state index < -0.39 is 0 Å². The molecule has 0 saturated heterocycles. The molecule has 0 spiro atoms. The van der Waals surface area contributed by atoms with Gasteiger partial charge in [-0.1, -0.05) is 12.1 Å². The number of aliphatic hydroxyl groups is 1. The highest BCUT2D eigenvalue weighted by atomic mass is 32.1. The maximum absolute atomic E-state index is 8.96. The van der Waals surface area contributed by atoms with Crippen LogP contribution in [0.5, 0.6) is 11.5 Å². The number of aromatic nitrogens is 1. The SMILES string of the molecule is CCOc1ccccc1OCCCc1nc(CO)cs1. The van der Waals surface area contributed by atoms with Gasteiger partial charge in [-0.25, -0.2) is 4.98 Å². The van der Waals surface area contributed by atoms with Crippen LogP contribution in [0.2, 0.25) is 0 Å². The maximum Gasteiger partial charge on any atom is 0.161 e. The highest BCUT2D eigenvalue weighted by Gasteiger charge is 2.04. The van der Waals surface area contributed by atoms with Crippen LogP contribution in [0.3, 0.4) is 0 Å². The predicted octanol–water partition coefficient (Wildman–Crippen LogP) is 3.05. The molecule has 1 aromatic carbocycles. The molecule has 4 nitrogen and oxygen atoms in total. The summed E-state index contributed by atoms with van der Waals surface area (Å²) in [5.41, 5.74) is 0.743. The zero-order chi connectivity index (χ0) is 14.2. The summed E-state index contributed by atoms with van der Waals surface area (Å²) in [6, 6.07) is 7.70. The molecule has 0 aliphatic heterocycles. The van der Waals surface area contributed by atoms with Gasteiger partial charge in [-0.3, -0.25) is 0 Å². The van der Waals surface area contributed by atoms with Gasteiger partial charge in [-0.2, -0.15) is 0 Å². The minimum atomic E-state index is 0.00866. The van der Waals surface area contributed by atoms with Crippen molar-refractivity contribution < 1.29 is 14.6 Å². The Balaban J connectivity index is 1.78. The Morgan fingerprint density at radius 2 is 1.95 bits per heavy atom. The van der Waals surface area contributed by atoms with E-state index in [0.29, 0.717) is 13.2 Å². The van der Waals surface area contributed by atoms with Crippen LogP contribution in [-0.2, 0) is 13.0 Å². The molecular formula is C15H19NO3S. The first kappa shape index (κ1) is 14.8. The average molecular weight is 293 g/mol. The van der Waals surface area contributed by atoms with E-state index in [1.807, 2.05) is 36.6 Å². The molecule has 0 bridgehead atoms.